The molecule has 0 unspecified atom stereocenters. The third-order valence-electron chi connectivity index (χ3n) is 1.93. The number of rotatable bonds is 5. The molecule has 17 heavy (non-hydrogen) atoms. The van der Waals surface area contributed by atoms with E-state index >= 15 is 0 Å². The maximum Gasteiger partial charge on any atom is 0.188 e. The van der Waals surface area contributed by atoms with Crippen LogP contribution in [0.1, 0.15) is 31.0 Å². The molecule has 0 bridgehead atoms. The summed E-state index contributed by atoms with van der Waals surface area (Å²) in [5, 5.41) is 6.32. The van der Waals surface area contributed by atoms with Crippen molar-refractivity contribution in [3.63, 3.8) is 0 Å². The van der Waals surface area contributed by atoms with E-state index in [4.69, 9.17) is 5.73 Å². The van der Waals surface area contributed by atoms with Crippen LogP contribution in [0.3, 0.4) is 0 Å². The van der Waals surface area contributed by atoms with Gasteiger partial charge in [-0.05, 0) is 27.2 Å². The number of nitrogens with two attached hydrogens (primary N) is 1. The van der Waals surface area contributed by atoms with Crippen LogP contribution in [0.25, 0.3) is 0 Å². The molecule has 98 valence electrons. The number of halogens is 1. The molecule has 0 fully saturated rings. The number of aromatic nitrogens is 1. The summed E-state index contributed by atoms with van der Waals surface area (Å²) in [6, 6.07) is 0.338. The lowest BCUT2D eigenvalue weighted by molar-refractivity contribution is 0.719. The largest absolute Gasteiger partial charge is 0.370 e. The Kier molecular flexibility index (Phi) is 8.49. The van der Waals surface area contributed by atoms with E-state index < -0.39 is 0 Å². The van der Waals surface area contributed by atoms with E-state index in [1.54, 1.807) is 11.3 Å². The van der Waals surface area contributed by atoms with Crippen LogP contribution in [0, 0.1) is 6.92 Å². The van der Waals surface area contributed by atoms with Gasteiger partial charge in [-0.3, -0.25) is 4.99 Å². The highest BCUT2D eigenvalue weighted by atomic mass is 127. The van der Waals surface area contributed by atoms with Crippen LogP contribution < -0.4 is 11.1 Å². The van der Waals surface area contributed by atoms with Crippen LogP contribution >= 0.6 is 35.3 Å². The number of guanidine groups is 1. The number of hydrogen-bond acceptors (Lipinski definition) is 3. The number of aryl methyl sites for hydroxylation is 2. The van der Waals surface area contributed by atoms with Crippen LogP contribution in [0.4, 0.5) is 0 Å². The normalized spacial score (nSPS) is 11.4. The molecule has 1 heterocycles. The molecule has 0 aliphatic carbocycles. The topological polar surface area (TPSA) is 63.3 Å². The zero-order valence-electron chi connectivity index (χ0n) is 10.6. The second-order valence-electron chi connectivity index (χ2n) is 4.05. The Bertz CT molecular complexity index is 349. The molecule has 1 aromatic heterocycles. The fourth-order valence-corrected chi connectivity index (χ4v) is 2.11. The van der Waals surface area contributed by atoms with Gasteiger partial charge in [0, 0.05) is 30.1 Å². The predicted molar refractivity (Wildman–Crippen MR) is 85.3 cm³/mol. The summed E-state index contributed by atoms with van der Waals surface area (Å²) in [7, 11) is 0. The van der Waals surface area contributed by atoms with Crippen LogP contribution in [0.2, 0.25) is 0 Å². The van der Waals surface area contributed by atoms with Crippen molar-refractivity contribution in [2.24, 2.45) is 10.7 Å². The molecule has 1 aromatic rings. The van der Waals surface area contributed by atoms with Gasteiger partial charge in [-0.1, -0.05) is 0 Å². The van der Waals surface area contributed by atoms with E-state index in [-0.39, 0.29) is 24.0 Å². The molecule has 1 rings (SSSR count). The second-order valence-corrected chi connectivity index (χ2v) is 4.99. The molecular weight excluding hydrogens is 347 g/mol. The van der Waals surface area contributed by atoms with Gasteiger partial charge in [0.25, 0.3) is 0 Å². The minimum atomic E-state index is 0. The van der Waals surface area contributed by atoms with Crippen LogP contribution in [-0.2, 0) is 6.42 Å². The molecule has 0 atom stereocenters. The van der Waals surface area contributed by atoms with Gasteiger partial charge in [-0.15, -0.1) is 35.3 Å². The molecule has 0 saturated heterocycles. The number of nitrogens with zero attached hydrogens (tertiary/aromatic N) is 2. The van der Waals surface area contributed by atoms with Gasteiger partial charge in [0.1, 0.15) is 0 Å². The van der Waals surface area contributed by atoms with E-state index in [0.717, 1.165) is 25.1 Å². The molecule has 0 spiro atoms. The van der Waals surface area contributed by atoms with E-state index in [0.29, 0.717) is 12.0 Å². The quantitative estimate of drug-likeness (QED) is 0.363. The standard InChI is InChI=1S/C11H20N4S.HI/c1-8(2)14-11(12)13-6-4-5-10-15-9(3)7-16-10;/h7-8H,4-6H2,1-3H3,(H3,12,13,14);1H. The monoisotopic (exact) mass is 368 g/mol. The Balaban J connectivity index is 0.00000256. The van der Waals surface area contributed by atoms with Crippen molar-refractivity contribution in [1.29, 1.82) is 0 Å². The molecule has 0 radical (unpaired) electrons. The lowest BCUT2D eigenvalue weighted by atomic mass is 10.3. The van der Waals surface area contributed by atoms with Crippen molar-refractivity contribution >= 4 is 41.3 Å². The van der Waals surface area contributed by atoms with Crippen LogP contribution in [0.15, 0.2) is 10.4 Å². The van der Waals surface area contributed by atoms with E-state index in [1.807, 2.05) is 20.8 Å². The van der Waals surface area contributed by atoms with Crippen LogP contribution in [0.5, 0.6) is 0 Å². The zero-order chi connectivity index (χ0) is 12.0. The molecule has 4 nitrogen and oxygen atoms in total. The Hall–Kier alpha value is -0.370. The molecular formula is C11H21IN4S. The highest BCUT2D eigenvalue weighted by molar-refractivity contribution is 14.0. The molecule has 0 aromatic carbocycles. The van der Waals surface area contributed by atoms with E-state index in [1.165, 1.54) is 5.01 Å². The smallest absolute Gasteiger partial charge is 0.188 e. The Morgan fingerprint density at radius 2 is 2.29 bits per heavy atom. The highest BCUT2D eigenvalue weighted by Gasteiger charge is 1.98. The van der Waals surface area contributed by atoms with Crippen molar-refractivity contribution in [3.05, 3.63) is 16.1 Å². The van der Waals surface area contributed by atoms with Gasteiger partial charge in [-0.25, -0.2) is 4.98 Å². The van der Waals surface area contributed by atoms with Crippen molar-refractivity contribution in [3.8, 4) is 0 Å². The number of hydrogen-bond donors (Lipinski definition) is 2. The lowest BCUT2D eigenvalue weighted by Crippen LogP contribution is -2.36. The number of nitrogens with one attached hydrogen (secondary N) is 1. The Morgan fingerprint density at radius 1 is 1.59 bits per heavy atom. The molecule has 6 heteroatoms. The lowest BCUT2D eigenvalue weighted by Gasteiger charge is -2.07. The van der Waals surface area contributed by atoms with Gasteiger partial charge in [0.2, 0.25) is 0 Å². The van der Waals surface area contributed by atoms with Crippen molar-refractivity contribution in [2.75, 3.05) is 6.54 Å². The third-order valence-corrected chi connectivity index (χ3v) is 2.96. The molecule has 0 aliphatic rings. The molecule has 0 amide bonds. The average Bonchev–Trinajstić information content (AvgIpc) is 2.58. The number of thiazole rings is 1. The maximum absolute atomic E-state index is 5.68. The fourth-order valence-electron chi connectivity index (χ4n) is 1.29. The summed E-state index contributed by atoms with van der Waals surface area (Å²) in [5.74, 6) is 0.533. The van der Waals surface area contributed by atoms with Gasteiger partial charge in [-0.2, -0.15) is 0 Å². The first-order valence-corrected chi connectivity index (χ1v) is 6.43. The Morgan fingerprint density at radius 3 is 2.82 bits per heavy atom. The minimum Gasteiger partial charge on any atom is -0.370 e. The second kappa shape index (κ2) is 8.68. The van der Waals surface area contributed by atoms with Crippen LogP contribution in [-0.4, -0.2) is 23.5 Å². The average molecular weight is 368 g/mol. The summed E-state index contributed by atoms with van der Waals surface area (Å²) < 4.78 is 0. The van der Waals surface area contributed by atoms with Gasteiger partial charge >= 0.3 is 0 Å². The third kappa shape index (κ3) is 7.54. The summed E-state index contributed by atoms with van der Waals surface area (Å²) in [4.78, 5) is 8.65. The number of aliphatic imine (C=N–C) groups is 1. The summed E-state index contributed by atoms with van der Waals surface area (Å²) >= 11 is 1.71. The molecule has 3 N–H and O–H groups in total. The predicted octanol–water partition coefficient (Wildman–Crippen LogP) is 2.31. The summed E-state index contributed by atoms with van der Waals surface area (Å²) in [6.45, 7) is 6.86. The first-order chi connectivity index (χ1) is 7.58. The summed E-state index contributed by atoms with van der Waals surface area (Å²) in [6.07, 6.45) is 1.98. The van der Waals surface area contributed by atoms with Crippen molar-refractivity contribution in [1.82, 2.24) is 10.3 Å². The first-order valence-electron chi connectivity index (χ1n) is 5.55. The SMILES string of the molecule is Cc1csc(CCCN=C(N)NC(C)C)n1.I. The Labute approximate surface area is 124 Å². The maximum atomic E-state index is 5.68. The summed E-state index contributed by atoms with van der Waals surface area (Å²) in [5.41, 5.74) is 6.79. The van der Waals surface area contributed by atoms with E-state index in [2.05, 4.69) is 20.7 Å². The van der Waals surface area contributed by atoms with Crippen molar-refractivity contribution in [2.45, 2.75) is 39.7 Å². The zero-order valence-corrected chi connectivity index (χ0v) is 13.7. The van der Waals surface area contributed by atoms with Gasteiger partial charge < -0.3 is 11.1 Å². The van der Waals surface area contributed by atoms with E-state index in [9.17, 15) is 0 Å². The highest BCUT2D eigenvalue weighted by Crippen LogP contribution is 2.10. The molecule has 0 aliphatic heterocycles. The fraction of sp³-hybridized carbons (Fsp3) is 0.636. The first kappa shape index (κ1) is 16.6. The van der Waals surface area contributed by atoms with Gasteiger partial charge in [0.15, 0.2) is 5.96 Å². The molecule has 0 saturated carbocycles. The minimum absolute atomic E-state index is 0. The van der Waals surface area contributed by atoms with Crippen molar-refractivity contribution < 1.29 is 0 Å². The van der Waals surface area contributed by atoms with Gasteiger partial charge in [0.05, 0.1) is 5.01 Å².